The predicted octanol–water partition coefficient (Wildman–Crippen LogP) is 3.66. The van der Waals surface area contributed by atoms with Gasteiger partial charge in [0.15, 0.2) is 0 Å². The van der Waals surface area contributed by atoms with E-state index in [1.165, 1.54) is 17.0 Å². The van der Waals surface area contributed by atoms with Crippen molar-refractivity contribution in [2.45, 2.75) is 6.42 Å². The Labute approximate surface area is 122 Å². The van der Waals surface area contributed by atoms with Gasteiger partial charge in [0, 0.05) is 23.6 Å². The molecule has 1 aromatic carbocycles. The van der Waals surface area contributed by atoms with Crippen molar-refractivity contribution < 1.29 is 4.92 Å². The number of nitrogen functional groups attached to an aromatic ring is 1. The zero-order valence-electron chi connectivity index (χ0n) is 9.93. The zero-order chi connectivity index (χ0) is 13.8. The van der Waals surface area contributed by atoms with Crippen molar-refractivity contribution in [3.05, 3.63) is 49.1 Å². The lowest BCUT2D eigenvalue weighted by Gasteiger charge is -2.08. The molecule has 19 heavy (non-hydrogen) atoms. The minimum absolute atomic E-state index is 0.00485. The second kappa shape index (κ2) is 6.03. The number of rotatable bonds is 5. The Morgan fingerprint density at radius 2 is 2.16 bits per heavy atom. The number of hydrogen-bond donors (Lipinski definition) is 2. The Morgan fingerprint density at radius 3 is 2.74 bits per heavy atom. The molecule has 5 nitrogen and oxygen atoms in total. The van der Waals surface area contributed by atoms with Crippen LogP contribution in [0.4, 0.5) is 17.1 Å². The van der Waals surface area contributed by atoms with Gasteiger partial charge in [-0.25, -0.2) is 0 Å². The van der Waals surface area contributed by atoms with Crippen molar-refractivity contribution in [3.8, 4) is 0 Å². The highest BCUT2D eigenvalue weighted by Crippen LogP contribution is 2.25. The molecular formula is C12H12BrN3O2S. The van der Waals surface area contributed by atoms with E-state index >= 15 is 0 Å². The molecule has 0 spiro atoms. The van der Waals surface area contributed by atoms with Gasteiger partial charge in [-0.05, 0) is 40.5 Å². The number of halogens is 1. The summed E-state index contributed by atoms with van der Waals surface area (Å²) in [5, 5.41) is 13.8. The molecule has 0 radical (unpaired) electrons. The molecule has 0 aliphatic rings. The topological polar surface area (TPSA) is 81.2 Å². The van der Waals surface area contributed by atoms with Gasteiger partial charge in [-0.15, -0.1) is 11.3 Å². The Hall–Kier alpha value is -1.60. The molecule has 2 aromatic rings. The van der Waals surface area contributed by atoms with Crippen molar-refractivity contribution >= 4 is 44.3 Å². The lowest BCUT2D eigenvalue weighted by Crippen LogP contribution is -2.06. The summed E-state index contributed by atoms with van der Waals surface area (Å²) in [4.78, 5) is 11.4. The van der Waals surface area contributed by atoms with E-state index in [1.54, 1.807) is 17.4 Å². The molecule has 1 heterocycles. The van der Waals surface area contributed by atoms with E-state index in [1.807, 2.05) is 6.07 Å². The summed E-state index contributed by atoms with van der Waals surface area (Å²) in [6.07, 6.45) is 0.882. The van der Waals surface area contributed by atoms with Crippen LogP contribution in [0.2, 0.25) is 0 Å². The van der Waals surface area contributed by atoms with E-state index in [4.69, 9.17) is 5.73 Å². The molecule has 0 saturated heterocycles. The number of thiophene rings is 1. The third kappa shape index (κ3) is 3.68. The van der Waals surface area contributed by atoms with Crippen molar-refractivity contribution in [2.24, 2.45) is 0 Å². The highest BCUT2D eigenvalue weighted by atomic mass is 79.9. The van der Waals surface area contributed by atoms with Crippen molar-refractivity contribution in [3.63, 3.8) is 0 Å². The molecule has 1 aromatic heterocycles. The van der Waals surface area contributed by atoms with E-state index in [0.717, 1.165) is 22.4 Å². The van der Waals surface area contributed by atoms with Crippen LogP contribution >= 0.6 is 27.3 Å². The van der Waals surface area contributed by atoms with Crippen LogP contribution in [0, 0.1) is 10.1 Å². The average molecular weight is 342 g/mol. The smallest absolute Gasteiger partial charge is 0.271 e. The first-order valence-corrected chi connectivity index (χ1v) is 7.19. The third-order valence-corrected chi connectivity index (χ3v) is 4.25. The minimum atomic E-state index is -0.455. The second-order valence-electron chi connectivity index (χ2n) is 3.91. The van der Waals surface area contributed by atoms with Gasteiger partial charge in [-0.2, -0.15) is 0 Å². The van der Waals surface area contributed by atoms with Crippen molar-refractivity contribution in [1.82, 2.24) is 0 Å². The third-order valence-electron chi connectivity index (χ3n) is 2.56. The van der Waals surface area contributed by atoms with E-state index in [2.05, 4.69) is 27.3 Å². The fourth-order valence-corrected chi connectivity index (χ4v) is 3.11. The van der Waals surface area contributed by atoms with Gasteiger partial charge in [0.2, 0.25) is 0 Å². The van der Waals surface area contributed by atoms with Crippen LogP contribution in [0.3, 0.4) is 0 Å². The highest BCUT2D eigenvalue weighted by molar-refractivity contribution is 9.11. The van der Waals surface area contributed by atoms with Crippen LogP contribution in [-0.2, 0) is 6.42 Å². The molecule has 0 bridgehead atoms. The maximum atomic E-state index is 10.6. The normalized spacial score (nSPS) is 10.4. The monoisotopic (exact) mass is 341 g/mol. The van der Waals surface area contributed by atoms with E-state index in [-0.39, 0.29) is 5.69 Å². The first kappa shape index (κ1) is 13.8. The molecule has 7 heteroatoms. The predicted molar refractivity (Wildman–Crippen MR) is 81.7 cm³/mol. The average Bonchev–Trinajstić information content (AvgIpc) is 2.77. The molecular weight excluding hydrogens is 330 g/mol. The summed E-state index contributed by atoms with van der Waals surface area (Å²) < 4.78 is 1.11. The maximum absolute atomic E-state index is 10.6. The number of nitro groups is 1. The van der Waals surface area contributed by atoms with Gasteiger partial charge in [0.1, 0.15) is 0 Å². The first-order valence-electron chi connectivity index (χ1n) is 5.58. The van der Waals surface area contributed by atoms with Gasteiger partial charge in [-0.1, -0.05) is 0 Å². The molecule has 0 atom stereocenters. The molecule has 0 fully saturated rings. The van der Waals surface area contributed by atoms with E-state index in [0.29, 0.717) is 5.69 Å². The second-order valence-corrected chi connectivity index (χ2v) is 6.46. The summed E-state index contributed by atoms with van der Waals surface area (Å²) in [6, 6.07) is 8.53. The summed E-state index contributed by atoms with van der Waals surface area (Å²) in [5.41, 5.74) is 6.89. The fourth-order valence-electron chi connectivity index (χ4n) is 1.63. The number of nitrogens with zero attached hydrogens (tertiary/aromatic N) is 1. The summed E-state index contributed by atoms with van der Waals surface area (Å²) in [5.74, 6) is 0. The number of nitro benzene ring substituents is 1. The Kier molecular flexibility index (Phi) is 4.39. The Morgan fingerprint density at radius 1 is 1.37 bits per heavy atom. The summed E-state index contributed by atoms with van der Waals surface area (Å²) in [6.45, 7) is 0.731. The molecule has 0 amide bonds. The van der Waals surface area contributed by atoms with Crippen LogP contribution in [0.25, 0.3) is 0 Å². The quantitative estimate of drug-likeness (QED) is 0.494. The maximum Gasteiger partial charge on any atom is 0.271 e. The standard InChI is InChI=1S/C12H12BrN3O2S/c13-12-4-2-9(19-12)5-6-15-11-3-1-8(16(17)18)7-10(11)14/h1-4,7,15H,5-6,14H2. The van der Waals surface area contributed by atoms with Crippen LogP contribution in [0.15, 0.2) is 34.1 Å². The SMILES string of the molecule is Nc1cc([N+](=O)[O-])ccc1NCCc1ccc(Br)s1. The van der Waals surface area contributed by atoms with Crippen LogP contribution in [0.5, 0.6) is 0 Å². The molecule has 100 valence electrons. The summed E-state index contributed by atoms with van der Waals surface area (Å²) >= 11 is 5.11. The number of hydrogen-bond acceptors (Lipinski definition) is 5. The lowest BCUT2D eigenvalue weighted by molar-refractivity contribution is -0.384. The van der Waals surface area contributed by atoms with Gasteiger partial charge in [0.05, 0.1) is 20.1 Å². The fraction of sp³-hybridized carbons (Fsp3) is 0.167. The number of nitrogens with two attached hydrogens (primary N) is 1. The van der Waals surface area contributed by atoms with Crippen LogP contribution < -0.4 is 11.1 Å². The molecule has 3 N–H and O–H groups in total. The Balaban J connectivity index is 1.94. The molecule has 0 unspecified atom stereocenters. The first-order chi connectivity index (χ1) is 9.06. The van der Waals surface area contributed by atoms with Gasteiger partial charge < -0.3 is 11.1 Å². The number of nitrogens with one attached hydrogen (secondary N) is 1. The van der Waals surface area contributed by atoms with Crippen molar-refractivity contribution in [1.29, 1.82) is 0 Å². The number of non-ortho nitro benzene ring substituents is 1. The molecule has 0 aliphatic carbocycles. The van der Waals surface area contributed by atoms with Crippen molar-refractivity contribution in [2.75, 3.05) is 17.6 Å². The van der Waals surface area contributed by atoms with Gasteiger partial charge >= 0.3 is 0 Å². The zero-order valence-corrected chi connectivity index (χ0v) is 12.3. The number of benzene rings is 1. The molecule has 2 rings (SSSR count). The lowest BCUT2D eigenvalue weighted by atomic mass is 10.2. The molecule has 0 aliphatic heterocycles. The van der Waals surface area contributed by atoms with E-state index in [9.17, 15) is 10.1 Å². The largest absolute Gasteiger partial charge is 0.397 e. The van der Waals surface area contributed by atoms with Gasteiger partial charge in [0.25, 0.3) is 5.69 Å². The summed E-state index contributed by atoms with van der Waals surface area (Å²) in [7, 11) is 0. The number of anilines is 2. The molecule has 0 saturated carbocycles. The van der Waals surface area contributed by atoms with Gasteiger partial charge in [-0.3, -0.25) is 10.1 Å². The van der Waals surface area contributed by atoms with Crippen LogP contribution in [-0.4, -0.2) is 11.5 Å². The highest BCUT2D eigenvalue weighted by Gasteiger charge is 2.08. The Bertz CT molecular complexity index is 600. The minimum Gasteiger partial charge on any atom is -0.397 e. The van der Waals surface area contributed by atoms with Crippen LogP contribution in [0.1, 0.15) is 4.88 Å². The van der Waals surface area contributed by atoms with E-state index < -0.39 is 4.92 Å².